The number of carbonyl (C=O) groups excluding carboxylic acids is 1. The lowest BCUT2D eigenvalue weighted by molar-refractivity contribution is 0.102. The predicted molar refractivity (Wildman–Crippen MR) is 85.3 cm³/mol. The maximum Gasteiger partial charge on any atom is 0.279 e. The van der Waals surface area contributed by atoms with Gasteiger partial charge in [0.2, 0.25) is 0 Å². The Morgan fingerprint density at radius 2 is 2.27 bits per heavy atom. The second-order valence-corrected chi connectivity index (χ2v) is 6.60. The number of anilines is 1. The van der Waals surface area contributed by atoms with Crippen LogP contribution in [0.4, 0.5) is 5.13 Å². The number of aryl methyl sites for hydroxylation is 2. The standard InChI is InChI=1S/C14H20N6OS/c1-3-11-9(2)22-14(16-11)17-13(21)12-8-20(19-18-12)10-4-6-15-7-5-10/h8,10,15H,3-7H2,1-2H3,(H,16,17,21). The fraction of sp³-hybridized carbons (Fsp3) is 0.571. The highest BCUT2D eigenvalue weighted by atomic mass is 32.1. The van der Waals surface area contributed by atoms with Crippen molar-refractivity contribution in [3.8, 4) is 0 Å². The fourth-order valence-corrected chi connectivity index (χ4v) is 3.50. The molecule has 0 spiro atoms. The van der Waals surface area contributed by atoms with Crippen LogP contribution in [0.1, 0.15) is 46.9 Å². The van der Waals surface area contributed by atoms with Crippen LogP contribution in [0, 0.1) is 6.92 Å². The number of nitrogens with zero attached hydrogens (tertiary/aromatic N) is 4. The second kappa shape index (κ2) is 6.53. The Kier molecular flexibility index (Phi) is 4.49. The molecule has 0 aliphatic carbocycles. The van der Waals surface area contributed by atoms with Crippen molar-refractivity contribution < 1.29 is 4.79 Å². The molecule has 2 aromatic rings. The van der Waals surface area contributed by atoms with Crippen LogP contribution < -0.4 is 10.6 Å². The molecule has 1 aliphatic rings. The van der Waals surface area contributed by atoms with E-state index in [4.69, 9.17) is 0 Å². The van der Waals surface area contributed by atoms with Gasteiger partial charge in [-0.3, -0.25) is 10.1 Å². The zero-order valence-electron chi connectivity index (χ0n) is 12.8. The topological polar surface area (TPSA) is 84.7 Å². The number of aromatic nitrogens is 4. The van der Waals surface area contributed by atoms with E-state index in [9.17, 15) is 4.79 Å². The van der Waals surface area contributed by atoms with Gasteiger partial charge in [-0.15, -0.1) is 16.4 Å². The summed E-state index contributed by atoms with van der Waals surface area (Å²) in [5, 5.41) is 14.8. The maximum absolute atomic E-state index is 12.2. The molecule has 1 amide bonds. The van der Waals surface area contributed by atoms with E-state index >= 15 is 0 Å². The summed E-state index contributed by atoms with van der Waals surface area (Å²) < 4.78 is 1.81. The van der Waals surface area contributed by atoms with Crippen molar-refractivity contribution >= 4 is 22.4 Å². The van der Waals surface area contributed by atoms with Crippen molar-refractivity contribution in [2.75, 3.05) is 18.4 Å². The Bertz CT molecular complexity index is 658. The van der Waals surface area contributed by atoms with Gasteiger partial charge < -0.3 is 5.32 Å². The summed E-state index contributed by atoms with van der Waals surface area (Å²) in [6.07, 6.45) is 4.61. The Labute approximate surface area is 133 Å². The summed E-state index contributed by atoms with van der Waals surface area (Å²) in [5.74, 6) is -0.253. The summed E-state index contributed by atoms with van der Waals surface area (Å²) in [5.41, 5.74) is 1.36. The first-order valence-corrected chi connectivity index (χ1v) is 8.39. The lowest BCUT2D eigenvalue weighted by atomic mass is 10.1. The molecule has 0 radical (unpaired) electrons. The molecule has 0 unspecified atom stereocenters. The molecule has 1 fully saturated rings. The van der Waals surface area contributed by atoms with Crippen molar-refractivity contribution in [2.24, 2.45) is 0 Å². The maximum atomic E-state index is 12.2. The average molecular weight is 320 g/mol. The molecule has 22 heavy (non-hydrogen) atoms. The second-order valence-electron chi connectivity index (χ2n) is 5.39. The van der Waals surface area contributed by atoms with Gasteiger partial charge in [0.1, 0.15) is 0 Å². The minimum Gasteiger partial charge on any atom is -0.317 e. The number of carbonyl (C=O) groups is 1. The molecule has 2 aromatic heterocycles. The van der Waals surface area contributed by atoms with Crippen molar-refractivity contribution in [3.05, 3.63) is 22.5 Å². The molecule has 3 rings (SSSR count). The van der Waals surface area contributed by atoms with Crippen LogP contribution in [0.2, 0.25) is 0 Å². The zero-order chi connectivity index (χ0) is 15.5. The smallest absolute Gasteiger partial charge is 0.279 e. The minimum atomic E-state index is -0.253. The Balaban J connectivity index is 1.68. The molecule has 1 aliphatic heterocycles. The Morgan fingerprint density at radius 3 is 2.95 bits per heavy atom. The van der Waals surface area contributed by atoms with E-state index in [1.54, 1.807) is 10.9 Å². The molecule has 0 saturated carbocycles. The third kappa shape index (κ3) is 3.17. The molecule has 0 bridgehead atoms. The number of thiazole rings is 1. The first kappa shape index (κ1) is 15.1. The third-order valence-corrected chi connectivity index (χ3v) is 4.80. The SMILES string of the molecule is CCc1nc(NC(=O)c2cn(C3CCNCC3)nn2)sc1C. The highest BCUT2D eigenvalue weighted by Crippen LogP contribution is 2.23. The zero-order valence-corrected chi connectivity index (χ0v) is 13.6. The van der Waals surface area contributed by atoms with Crippen molar-refractivity contribution in [1.29, 1.82) is 0 Å². The van der Waals surface area contributed by atoms with E-state index in [0.717, 1.165) is 42.9 Å². The van der Waals surface area contributed by atoms with Gasteiger partial charge >= 0.3 is 0 Å². The molecular formula is C14H20N6OS. The van der Waals surface area contributed by atoms with Gasteiger partial charge in [-0.2, -0.15) is 0 Å². The van der Waals surface area contributed by atoms with Crippen LogP contribution in [0.25, 0.3) is 0 Å². The number of amides is 1. The van der Waals surface area contributed by atoms with Gasteiger partial charge in [0.25, 0.3) is 5.91 Å². The summed E-state index contributed by atoms with van der Waals surface area (Å²) in [7, 11) is 0. The third-order valence-electron chi connectivity index (χ3n) is 3.87. The molecule has 2 N–H and O–H groups in total. The summed E-state index contributed by atoms with van der Waals surface area (Å²) in [4.78, 5) is 17.8. The molecule has 0 aromatic carbocycles. The lowest BCUT2D eigenvalue weighted by Crippen LogP contribution is -2.29. The van der Waals surface area contributed by atoms with Crippen molar-refractivity contribution in [1.82, 2.24) is 25.3 Å². The fourth-order valence-electron chi connectivity index (χ4n) is 2.60. The van der Waals surface area contributed by atoms with Gasteiger partial charge in [0, 0.05) is 4.88 Å². The van der Waals surface area contributed by atoms with Crippen LogP contribution in [0.5, 0.6) is 0 Å². The summed E-state index contributed by atoms with van der Waals surface area (Å²) in [6, 6.07) is 0.323. The number of nitrogens with one attached hydrogen (secondary N) is 2. The van der Waals surface area contributed by atoms with Crippen LogP contribution >= 0.6 is 11.3 Å². The van der Waals surface area contributed by atoms with E-state index in [0.29, 0.717) is 16.9 Å². The molecule has 0 atom stereocenters. The highest BCUT2D eigenvalue weighted by molar-refractivity contribution is 7.15. The molecule has 3 heterocycles. The molecule has 8 heteroatoms. The van der Waals surface area contributed by atoms with Gasteiger partial charge in [-0.1, -0.05) is 12.1 Å². The van der Waals surface area contributed by atoms with Crippen LogP contribution in [0.15, 0.2) is 6.20 Å². The number of hydrogen-bond donors (Lipinski definition) is 2. The van der Waals surface area contributed by atoms with Gasteiger partial charge in [0.05, 0.1) is 17.9 Å². The predicted octanol–water partition coefficient (Wildman–Crippen LogP) is 1.78. The Hall–Kier alpha value is -1.80. The minimum absolute atomic E-state index is 0.253. The monoisotopic (exact) mass is 320 g/mol. The largest absolute Gasteiger partial charge is 0.317 e. The summed E-state index contributed by atoms with van der Waals surface area (Å²) >= 11 is 1.49. The van der Waals surface area contributed by atoms with Gasteiger partial charge in [-0.25, -0.2) is 9.67 Å². The van der Waals surface area contributed by atoms with Crippen LogP contribution in [0.3, 0.4) is 0 Å². The molecule has 1 saturated heterocycles. The average Bonchev–Trinajstić information content (AvgIpc) is 3.15. The first-order chi connectivity index (χ1) is 10.7. The van der Waals surface area contributed by atoms with Crippen molar-refractivity contribution in [2.45, 2.75) is 39.2 Å². The van der Waals surface area contributed by atoms with E-state index < -0.39 is 0 Å². The van der Waals surface area contributed by atoms with E-state index in [1.165, 1.54) is 11.3 Å². The Morgan fingerprint density at radius 1 is 1.50 bits per heavy atom. The molecule has 118 valence electrons. The van der Waals surface area contributed by atoms with Crippen LogP contribution in [-0.2, 0) is 6.42 Å². The van der Waals surface area contributed by atoms with E-state index in [1.807, 2.05) is 6.92 Å². The summed E-state index contributed by atoms with van der Waals surface area (Å²) in [6.45, 7) is 6.02. The molecular weight excluding hydrogens is 300 g/mol. The number of piperidine rings is 1. The first-order valence-electron chi connectivity index (χ1n) is 7.57. The number of hydrogen-bond acceptors (Lipinski definition) is 6. The lowest BCUT2D eigenvalue weighted by Gasteiger charge is -2.21. The normalized spacial score (nSPS) is 15.9. The highest BCUT2D eigenvalue weighted by Gasteiger charge is 2.19. The number of rotatable bonds is 4. The molecule has 7 nitrogen and oxygen atoms in total. The van der Waals surface area contributed by atoms with Crippen LogP contribution in [-0.4, -0.2) is 39.0 Å². The van der Waals surface area contributed by atoms with Crippen molar-refractivity contribution in [3.63, 3.8) is 0 Å². The van der Waals surface area contributed by atoms with E-state index in [-0.39, 0.29) is 5.91 Å². The van der Waals surface area contributed by atoms with Gasteiger partial charge in [0.15, 0.2) is 10.8 Å². The quantitative estimate of drug-likeness (QED) is 0.897. The van der Waals surface area contributed by atoms with Gasteiger partial charge in [-0.05, 0) is 39.3 Å². The van der Waals surface area contributed by atoms with E-state index in [2.05, 4.69) is 32.9 Å².